The molecule has 1 aromatic rings. The fraction of sp³-hybridized carbons (Fsp3) is 0.143. The number of methoxy groups -OCH3 is 1. The van der Waals surface area contributed by atoms with Crippen LogP contribution in [0.4, 0.5) is 0 Å². The van der Waals surface area contributed by atoms with E-state index in [2.05, 4.69) is 9.72 Å². The third-order valence-corrected chi connectivity index (χ3v) is 2.63. The Hall–Kier alpha value is -1.14. The third-order valence-electron chi connectivity index (χ3n) is 1.41. The van der Waals surface area contributed by atoms with Crippen molar-refractivity contribution in [3.05, 3.63) is 23.9 Å². The molecule has 14 heavy (non-hydrogen) atoms. The standard InChI is InChI=1S/C7H6ClNO4S/c1-13-7(10)5-3-2-4-9-6(5)14(8,11)12/h2-4H,1H3. The predicted molar refractivity (Wildman–Crippen MR) is 48.6 cm³/mol. The van der Waals surface area contributed by atoms with Crippen LogP contribution >= 0.6 is 10.7 Å². The molecule has 0 saturated carbocycles. The highest BCUT2D eigenvalue weighted by atomic mass is 35.7. The molecule has 0 unspecified atom stereocenters. The van der Waals surface area contributed by atoms with Crippen molar-refractivity contribution in [3.8, 4) is 0 Å². The lowest BCUT2D eigenvalue weighted by Crippen LogP contribution is -2.08. The van der Waals surface area contributed by atoms with Crippen molar-refractivity contribution >= 4 is 25.7 Å². The molecule has 0 bridgehead atoms. The molecule has 0 saturated heterocycles. The molecule has 1 rings (SSSR count). The van der Waals surface area contributed by atoms with E-state index in [1.807, 2.05) is 0 Å². The van der Waals surface area contributed by atoms with Gasteiger partial charge in [-0.3, -0.25) is 0 Å². The summed E-state index contributed by atoms with van der Waals surface area (Å²) < 4.78 is 26.3. The first kappa shape index (κ1) is 10.9. The number of nitrogens with zero attached hydrogens (tertiary/aromatic N) is 1. The largest absolute Gasteiger partial charge is 0.465 e. The average Bonchev–Trinajstić information content (AvgIpc) is 2.15. The molecule has 0 spiro atoms. The van der Waals surface area contributed by atoms with Gasteiger partial charge in [0.05, 0.1) is 12.7 Å². The summed E-state index contributed by atoms with van der Waals surface area (Å²) in [6, 6.07) is 2.69. The topological polar surface area (TPSA) is 73.3 Å². The highest BCUT2D eigenvalue weighted by Crippen LogP contribution is 2.17. The van der Waals surface area contributed by atoms with Crippen LogP contribution in [0.3, 0.4) is 0 Å². The molecule has 5 nitrogen and oxygen atoms in total. The van der Waals surface area contributed by atoms with Gasteiger partial charge in [0.2, 0.25) is 0 Å². The lowest BCUT2D eigenvalue weighted by Gasteiger charge is -2.02. The quantitative estimate of drug-likeness (QED) is 0.560. The molecule has 0 aromatic carbocycles. The SMILES string of the molecule is COC(=O)c1cccnc1S(=O)(=O)Cl. The van der Waals surface area contributed by atoms with Gasteiger partial charge in [-0.15, -0.1) is 0 Å². The van der Waals surface area contributed by atoms with Gasteiger partial charge in [-0.05, 0) is 12.1 Å². The zero-order valence-electron chi connectivity index (χ0n) is 7.10. The number of hydrogen-bond acceptors (Lipinski definition) is 5. The fourth-order valence-electron chi connectivity index (χ4n) is 0.850. The van der Waals surface area contributed by atoms with E-state index in [1.165, 1.54) is 18.3 Å². The first-order valence-corrected chi connectivity index (χ1v) is 5.75. The maximum atomic E-state index is 11.1. The molecular weight excluding hydrogens is 230 g/mol. The summed E-state index contributed by atoms with van der Waals surface area (Å²) in [7, 11) is 2.18. The van der Waals surface area contributed by atoms with Gasteiger partial charge in [-0.1, -0.05) is 0 Å². The first-order chi connectivity index (χ1) is 6.46. The lowest BCUT2D eigenvalue weighted by molar-refractivity contribution is 0.0595. The molecule has 1 aromatic heterocycles. The highest BCUT2D eigenvalue weighted by molar-refractivity contribution is 8.13. The summed E-state index contributed by atoms with van der Waals surface area (Å²) in [6.45, 7) is 0. The van der Waals surface area contributed by atoms with Crippen LogP contribution in [-0.2, 0) is 13.8 Å². The number of hydrogen-bond donors (Lipinski definition) is 0. The van der Waals surface area contributed by atoms with Crippen LogP contribution in [0.2, 0.25) is 0 Å². The van der Waals surface area contributed by atoms with E-state index in [4.69, 9.17) is 10.7 Å². The van der Waals surface area contributed by atoms with Crippen molar-refractivity contribution in [3.63, 3.8) is 0 Å². The molecule has 1 heterocycles. The molecule has 0 aliphatic rings. The number of halogens is 1. The minimum absolute atomic E-state index is 0.176. The Morgan fingerprint density at radius 3 is 2.71 bits per heavy atom. The van der Waals surface area contributed by atoms with E-state index in [1.54, 1.807) is 0 Å². The first-order valence-electron chi connectivity index (χ1n) is 3.45. The molecule has 7 heteroatoms. The zero-order chi connectivity index (χ0) is 10.8. The summed E-state index contributed by atoms with van der Waals surface area (Å²) in [4.78, 5) is 14.6. The number of carbonyl (C=O) groups excluding carboxylic acids is 1. The Labute approximate surface area is 85.1 Å². The van der Waals surface area contributed by atoms with Crippen LogP contribution < -0.4 is 0 Å². The lowest BCUT2D eigenvalue weighted by atomic mass is 10.3. The van der Waals surface area contributed by atoms with Crippen LogP contribution in [-0.4, -0.2) is 26.5 Å². The van der Waals surface area contributed by atoms with E-state index in [0.29, 0.717) is 0 Å². The Balaban J connectivity index is 3.38. The van der Waals surface area contributed by atoms with Crippen molar-refractivity contribution in [1.29, 1.82) is 0 Å². The van der Waals surface area contributed by atoms with E-state index >= 15 is 0 Å². The van der Waals surface area contributed by atoms with Gasteiger partial charge >= 0.3 is 5.97 Å². The van der Waals surface area contributed by atoms with Crippen LogP contribution in [0.15, 0.2) is 23.4 Å². The molecule has 0 amide bonds. The Kier molecular flexibility index (Phi) is 3.07. The zero-order valence-corrected chi connectivity index (χ0v) is 8.67. The van der Waals surface area contributed by atoms with Crippen LogP contribution in [0.1, 0.15) is 10.4 Å². The molecular formula is C7H6ClNO4S. The van der Waals surface area contributed by atoms with Crippen molar-refractivity contribution in [2.24, 2.45) is 0 Å². The summed E-state index contributed by atoms with van der Waals surface area (Å²) in [5.74, 6) is -0.794. The Bertz CT molecular complexity index is 457. The number of ether oxygens (including phenoxy) is 1. The van der Waals surface area contributed by atoms with Gasteiger partial charge < -0.3 is 4.74 Å². The summed E-state index contributed by atoms with van der Waals surface area (Å²) >= 11 is 0. The van der Waals surface area contributed by atoms with Gasteiger partial charge in [0, 0.05) is 16.9 Å². The smallest absolute Gasteiger partial charge is 0.340 e. The number of pyridine rings is 1. The van der Waals surface area contributed by atoms with E-state index in [-0.39, 0.29) is 5.56 Å². The summed E-state index contributed by atoms with van der Waals surface area (Å²) in [6.07, 6.45) is 1.22. The van der Waals surface area contributed by atoms with Crippen molar-refractivity contribution < 1.29 is 17.9 Å². The summed E-state index contributed by atoms with van der Waals surface area (Å²) in [5, 5.41) is -0.492. The van der Waals surface area contributed by atoms with Crippen molar-refractivity contribution in [2.45, 2.75) is 5.03 Å². The van der Waals surface area contributed by atoms with Crippen molar-refractivity contribution in [2.75, 3.05) is 7.11 Å². The molecule has 0 aliphatic heterocycles. The number of aromatic nitrogens is 1. The van der Waals surface area contributed by atoms with Crippen molar-refractivity contribution in [1.82, 2.24) is 4.98 Å². The van der Waals surface area contributed by atoms with Crippen LogP contribution in [0.25, 0.3) is 0 Å². The molecule has 0 atom stereocenters. The Morgan fingerprint density at radius 2 is 2.21 bits per heavy atom. The minimum atomic E-state index is -4.03. The molecule has 0 N–H and O–H groups in total. The maximum Gasteiger partial charge on any atom is 0.340 e. The van der Waals surface area contributed by atoms with Gasteiger partial charge in [-0.2, -0.15) is 0 Å². The van der Waals surface area contributed by atoms with E-state index in [0.717, 1.165) is 7.11 Å². The van der Waals surface area contributed by atoms with Gasteiger partial charge in [0.25, 0.3) is 9.05 Å². The molecule has 0 aliphatic carbocycles. The second-order valence-corrected chi connectivity index (χ2v) is 4.77. The van der Waals surface area contributed by atoms with E-state index < -0.39 is 20.0 Å². The summed E-state index contributed by atoms with van der Waals surface area (Å²) in [5.41, 5.74) is -0.176. The average molecular weight is 236 g/mol. The fourth-order valence-corrected chi connectivity index (χ4v) is 1.82. The minimum Gasteiger partial charge on any atom is -0.465 e. The number of carbonyl (C=O) groups is 1. The van der Waals surface area contributed by atoms with Crippen LogP contribution in [0.5, 0.6) is 0 Å². The van der Waals surface area contributed by atoms with Gasteiger partial charge in [-0.25, -0.2) is 18.2 Å². The predicted octanol–water partition coefficient (Wildman–Crippen LogP) is 0.796. The number of rotatable bonds is 2. The molecule has 0 radical (unpaired) electrons. The second-order valence-electron chi connectivity index (χ2n) is 2.29. The Morgan fingerprint density at radius 1 is 1.57 bits per heavy atom. The second kappa shape index (κ2) is 3.93. The normalized spacial score (nSPS) is 11.0. The van der Waals surface area contributed by atoms with E-state index in [9.17, 15) is 13.2 Å². The third kappa shape index (κ3) is 2.21. The number of esters is 1. The monoisotopic (exact) mass is 235 g/mol. The highest BCUT2D eigenvalue weighted by Gasteiger charge is 2.21. The molecule has 76 valence electrons. The van der Waals surface area contributed by atoms with Crippen LogP contribution in [0, 0.1) is 0 Å². The molecule has 0 fully saturated rings. The van der Waals surface area contributed by atoms with Gasteiger partial charge in [0.1, 0.15) is 0 Å². The maximum absolute atomic E-state index is 11.1. The van der Waals surface area contributed by atoms with Gasteiger partial charge in [0.15, 0.2) is 5.03 Å².